The molecule has 1 amide bonds. The molecule has 2 rings (SSSR count). The Morgan fingerprint density at radius 3 is 3.05 bits per heavy atom. The van der Waals surface area contributed by atoms with Gasteiger partial charge in [0.1, 0.15) is 5.69 Å². The van der Waals surface area contributed by atoms with Gasteiger partial charge in [-0.3, -0.25) is 4.79 Å². The molecule has 1 aromatic rings. The first-order chi connectivity index (χ1) is 9.61. The fourth-order valence-electron chi connectivity index (χ4n) is 1.57. The van der Waals surface area contributed by atoms with Crippen LogP contribution >= 0.6 is 11.3 Å². The molecule has 20 heavy (non-hydrogen) atoms. The van der Waals surface area contributed by atoms with Crippen LogP contribution in [-0.4, -0.2) is 41.8 Å². The number of anilines is 1. The summed E-state index contributed by atoms with van der Waals surface area (Å²) in [5.74, 6) is -0.925. The van der Waals surface area contributed by atoms with Crippen molar-refractivity contribution < 1.29 is 19.2 Å². The maximum Gasteiger partial charge on any atom is 0.362 e. The van der Waals surface area contributed by atoms with Crippen LogP contribution in [0.4, 0.5) is 5.13 Å². The minimum absolute atomic E-state index is 0.0977. The lowest BCUT2D eigenvalue weighted by Gasteiger charge is -2.07. The van der Waals surface area contributed by atoms with E-state index in [0.29, 0.717) is 18.1 Å². The van der Waals surface area contributed by atoms with E-state index in [0.717, 1.165) is 0 Å². The third-order valence-electron chi connectivity index (χ3n) is 2.50. The van der Waals surface area contributed by atoms with Gasteiger partial charge in [-0.25, -0.2) is 9.78 Å². The average molecular weight is 298 g/mol. The number of aromatic nitrogens is 1. The predicted octanol–water partition coefficient (Wildman–Crippen LogP) is -0.102. The van der Waals surface area contributed by atoms with Gasteiger partial charge < -0.3 is 20.6 Å². The zero-order valence-corrected chi connectivity index (χ0v) is 11.6. The van der Waals surface area contributed by atoms with Crippen molar-refractivity contribution in [3.8, 4) is 0 Å². The molecular formula is C11H14N4O4S. The second-order valence-corrected chi connectivity index (χ2v) is 4.79. The lowest BCUT2D eigenvalue weighted by atomic mass is 10.3. The number of nitrogens with one attached hydrogen (secondary N) is 1. The summed E-state index contributed by atoms with van der Waals surface area (Å²) in [5.41, 5.74) is 5.70. The van der Waals surface area contributed by atoms with Gasteiger partial charge in [-0.05, 0) is 6.92 Å². The van der Waals surface area contributed by atoms with E-state index < -0.39 is 12.1 Å². The van der Waals surface area contributed by atoms with Crippen LogP contribution in [0.2, 0.25) is 0 Å². The molecule has 3 N–H and O–H groups in total. The topological polar surface area (TPSA) is 116 Å². The van der Waals surface area contributed by atoms with Gasteiger partial charge in [0.2, 0.25) is 11.8 Å². The Bertz CT molecular complexity index is 542. The van der Waals surface area contributed by atoms with Crippen molar-refractivity contribution in [2.45, 2.75) is 19.4 Å². The fourth-order valence-corrected chi connectivity index (χ4v) is 2.12. The number of oxime groups is 1. The van der Waals surface area contributed by atoms with Gasteiger partial charge >= 0.3 is 5.97 Å². The standard InChI is InChI=1S/C11H14N4O4S/c1-2-18-10(17)8(6-5-20-11(12)14-6)15-19-7-3-4-13-9(7)16/h5,7H,2-4H2,1H3,(H2,12,14)(H,13,16)/b15-8-. The second-order valence-electron chi connectivity index (χ2n) is 3.91. The van der Waals surface area contributed by atoms with Crippen LogP contribution in [0.1, 0.15) is 19.0 Å². The zero-order chi connectivity index (χ0) is 14.5. The predicted molar refractivity (Wildman–Crippen MR) is 72.2 cm³/mol. The molecule has 9 heteroatoms. The average Bonchev–Trinajstić information content (AvgIpc) is 3.00. The SMILES string of the molecule is CCOC(=O)/C(=N\OC1CCNC1=O)c1csc(N)n1. The van der Waals surface area contributed by atoms with E-state index >= 15 is 0 Å². The number of hydrogen-bond acceptors (Lipinski definition) is 8. The second kappa shape index (κ2) is 6.33. The Kier molecular flexibility index (Phi) is 4.51. The maximum atomic E-state index is 11.8. The summed E-state index contributed by atoms with van der Waals surface area (Å²) < 4.78 is 4.88. The summed E-state index contributed by atoms with van der Waals surface area (Å²) in [4.78, 5) is 32.3. The number of carbonyl (C=O) groups is 2. The number of rotatable bonds is 5. The fraction of sp³-hybridized carbons (Fsp3) is 0.455. The molecule has 0 bridgehead atoms. The van der Waals surface area contributed by atoms with Gasteiger partial charge in [-0.1, -0.05) is 5.16 Å². The van der Waals surface area contributed by atoms with Gasteiger partial charge in [0.25, 0.3) is 5.91 Å². The van der Waals surface area contributed by atoms with Crippen LogP contribution < -0.4 is 11.1 Å². The van der Waals surface area contributed by atoms with E-state index in [2.05, 4.69) is 15.5 Å². The number of esters is 1. The molecule has 1 fully saturated rings. The van der Waals surface area contributed by atoms with Crippen molar-refractivity contribution in [2.75, 3.05) is 18.9 Å². The van der Waals surface area contributed by atoms with Gasteiger partial charge in [-0.2, -0.15) is 0 Å². The number of nitrogen functional groups attached to an aromatic ring is 1. The van der Waals surface area contributed by atoms with Gasteiger partial charge in [-0.15, -0.1) is 11.3 Å². The molecule has 1 unspecified atom stereocenters. The summed E-state index contributed by atoms with van der Waals surface area (Å²) in [7, 11) is 0. The molecule has 108 valence electrons. The van der Waals surface area contributed by atoms with Crippen molar-refractivity contribution in [3.63, 3.8) is 0 Å². The third-order valence-corrected chi connectivity index (χ3v) is 3.18. The molecular weight excluding hydrogens is 284 g/mol. The third kappa shape index (κ3) is 3.23. The lowest BCUT2D eigenvalue weighted by Crippen LogP contribution is -2.26. The van der Waals surface area contributed by atoms with Crippen molar-refractivity contribution in [3.05, 3.63) is 11.1 Å². The van der Waals surface area contributed by atoms with Crippen LogP contribution in [-0.2, 0) is 19.2 Å². The Labute approximate surface area is 118 Å². The summed E-state index contributed by atoms with van der Waals surface area (Å²) in [6, 6.07) is 0. The molecule has 1 aliphatic heterocycles. The molecule has 1 saturated heterocycles. The van der Waals surface area contributed by atoms with Crippen molar-refractivity contribution >= 4 is 34.1 Å². The number of carbonyl (C=O) groups excluding carboxylic acids is 2. The quantitative estimate of drug-likeness (QED) is 0.445. The van der Waals surface area contributed by atoms with Gasteiger partial charge in [0, 0.05) is 18.3 Å². The Balaban J connectivity index is 2.17. The van der Waals surface area contributed by atoms with Crippen LogP contribution in [0.3, 0.4) is 0 Å². The number of amides is 1. The molecule has 0 aliphatic carbocycles. The van der Waals surface area contributed by atoms with Crippen molar-refractivity contribution in [1.29, 1.82) is 0 Å². The number of nitrogens with zero attached hydrogens (tertiary/aromatic N) is 2. The molecule has 1 atom stereocenters. The summed E-state index contributed by atoms with van der Waals surface area (Å²) in [5, 5.41) is 8.21. The van der Waals surface area contributed by atoms with Crippen LogP contribution in [0, 0.1) is 0 Å². The molecule has 0 saturated carbocycles. The highest BCUT2D eigenvalue weighted by molar-refractivity contribution is 7.13. The van der Waals surface area contributed by atoms with Crippen LogP contribution in [0.25, 0.3) is 0 Å². The van der Waals surface area contributed by atoms with Gasteiger partial charge in [0.15, 0.2) is 5.13 Å². The number of thiazole rings is 1. The molecule has 0 radical (unpaired) electrons. The Hall–Kier alpha value is -2.16. The highest BCUT2D eigenvalue weighted by Crippen LogP contribution is 2.14. The van der Waals surface area contributed by atoms with E-state index in [4.69, 9.17) is 15.3 Å². The molecule has 0 aromatic carbocycles. The molecule has 2 heterocycles. The van der Waals surface area contributed by atoms with E-state index in [1.807, 2.05) is 0 Å². The van der Waals surface area contributed by atoms with Gasteiger partial charge in [0.05, 0.1) is 6.61 Å². The molecule has 8 nitrogen and oxygen atoms in total. The van der Waals surface area contributed by atoms with E-state index in [-0.39, 0.29) is 23.9 Å². The smallest absolute Gasteiger partial charge is 0.362 e. The number of hydrogen-bond donors (Lipinski definition) is 2. The first-order valence-electron chi connectivity index (χ1n) is 6.01. The normalized spacial score (nSPS) is 18.8. The zero-order valence-electron chi connectivity index (χ0n) is 10.8. The minimum atomic E-state index is -0.699. The Morgan fingerprint density at radius 2 is 2.50 bits per heavy atom. The lowest BCUT2D eigenvalue weighted by molar-refractivity contribution is -0.136. The first kappa shape index (κ1) is 14.3. The van der Waals surface area contributed by atoms with Crippen LogP contribution in [0.15, 0.2) is 10.5 Å². The summed E-state index contributed by atoms with van der Waals surface area (Å²) in [6.07, 6.45) is -0.201. The van der Waals surface area contributed by atoms with Crippen LogP contribution in [0.5, 0.6) is 0 Å². The molecule has 0 spiro atoms. The highest BCUT2D eigenvalue weighted by Gasteiger charge is 2.27. The largest absolute Gasteiger partial charge is 0.461 e. The highest BCUT2D eigenvalue weighted by atomic mass is 32.1. The summed E-state index contributed by atoms with van der Waals surface area (Å²) in [6.45, 7) is 2.40. The van der Waals surface area contributed by atoms with Crippen molar-refractivity contribution in [2.24, 2.45) is 5.16 Å². The number of nitrogens with two attached hydrogens (primary N) is 1. The van der Waals surface area contributed by atoms with E-state index in [9.17, 15) is 9.59 Å². The van der Waals surface area contributed by atoms with E-state index in [1.54, 1.807) is 12.3 Å². The monoisotopic (exact) mass is 298 g/mol. The first-order valence-corrected chi connectivity index (χ1v) is 6.89. The maximum absolute atomic E-state index is 11.8. The van der Waals surface area contributed by atoms with E-state index in [1.165, 1.54) is 11.3 Å². The number of ether oxygens (including phenoxy) is 1. The Morgan fingerprint density at radius 1 is 1.70 bits per heavy atom. The van der Waals surface area contributed by atoms with Crippen molar-refractivity contribution in [1.82, 2.24) is 10.3 Å². The molecule has 1 aliphatic rings. The molecule has 1 aromatic heterocycles. The summed E-state index contributed by atoms with van der Waals surface area (Å²) >= 11 is 1.17. The minimum Gasteiger partial charge on any atom is -0.461 e.